The first kappa shape index (κ1) is 26.5. The van der Waals surface area contributed by atoms with Gasteiger partial charge in [0.1, 0.15) is 12.0 Å². The fourth-order valence-electron chi connectivity index (χ4n) is 3.61. The summed E-state index contributed by atoms with van der Waals surface area (Å²) in [7, 11) is 0. The van der Waals surface area contributed by atoms with E-state index in [-0.39, 0.29) is 12.2 Å². The van der Waals surface area contributed by atoms with Gasteiger partial charge in [-0.3, -0.25) is 4.79 Å². The molecule has 4 atom stereocenters. The molecule has 0 rings (SSSR count). The van der Waals surface area contributed by atoms with Crippen molar-refractivity contribution in [3.8, 4) is 0 Å². The number of nitrogens with two attached hydrogens (primary N) is 1. The van der Waals surface area contributed by atoms with E-state index in [9.17, 15) is 20.1 Å². The number of unbranched alkanes of at least 4 members (excludes halogenated alkanes) is 12. The summed E-state index contributed by atoms with van der Waals surface area (Å²) in [5.74, 6) is -1.38. The van der Waals surface area contributed by atoms with Crippen LogP contribution in [0.1, 0.15) is 110 Å². The van der Waals surface area contributed by atoms with Crippen molar-refractivity contribution in [3.63, 3.8) is 0 Å². The molecule has 0 spiro atoms. The zero-order valence-corrected chi connectivity index (χ0v) is 17.7. The first-order chi connectivity index (χ1) is 12.9. The van der Waals surface area contributed by atoms with Crippen molar-refractivity contribution in [2.75, 3.05) is 0 Å². The van der Waals surface area contributed by atoms with Crippen molar-refractivity contribution >= 4 is 5.78 Å². The van der Waals surface area contributed by atoms with Crippen molar-refractivity contribution < 1.29 is 20.1 Å². The number of Topliss-reactive ketones (excluding diaryl/α,β-unsaturated/α-hetero) is 1. The Bertz CT molecular complexity index is 347. The van der Waals surface area contributed by atoms with Gasteiger partial charge in [-0.25, -0.2) is 0 Å². The van der Waals surface area contributed by atoms with E-state index in [2.05, 4.69) is 6.92 Å². The minimum atomic E-state index is -1.38. The molecule has 0 aliphatic carbocycles. The van der Waals surface area contributed by atoms with Crippen LogP contribution in [-0.4, -0.2) is 39.5 Å². The summed E-state index contributed by atoms with van der Waals surface area (Å²) in [4.78, 5) is 12.0. The molecule has 0 amide bonds. The SMILES string of the molecule is CCCCCCCCCCCCCCC[C@@H](O)[C@H](C(=O)CC(C)O)C(N)O. The smallest absolute Gasteiger partial charge is 0.145 e. The van der Waals surface area contributed by atoms with Crippen molar-refractivity contribution in [3.05, 3.63) is 0 Å². The average molecular weight is 388 g/mol. The monoisotopic (exact) mass is 387 g/mol. The van der Waals surface area contributed by atoms with E-state index < -0.39 is 24.4 Å². The molecule has 0 aromatic carbocycles. The molecule has 0 fully saturated rings. The summed E-state index contributed by atoms with van der Waals surface area (Å²) in [6.07, 6.45) is 13.6. The van der Waals surface area contributed by atoms with Crippen molar-refractivity contribution in [2.45, 2.75) is 129 Å². The standard InChI is InChI=1S/C22H45NO4/c1-3-4-5-6-7-8-9-10-11-12-13-14-15-16-19(25)21(22(23)27)20(26)17-18(2)24/h18-19,21-22,24-25,27H,3-17,23H2,1-2H3/t18?,19-,21-,22?/m1/s1. The predicted octanol–water partition coefficient (Wildman–Crippen LogP) is 4.06. The van der Waals surface area contributed by atoms with Crippen molar-refractivity contribution in [2.24, 2.45) is 11.7 Å². The molecule has 0 radical (unpaired) electrons. The largest absolute Gasteiger partial charge is 0.393 e. The lowest BCUT2D eigenvalue weighted by Crippen LogP contribution is -2.43. The summed E-state index contributed by atoms with van der Waals surface area (Å²) in [5.41, 5.74) is 5.45. The Balaban J connectivity index is 3.66. The zero-order valence-electron chi connectivity index (χ0n) is 17.7. The molecule has 0 bridgehead atoms. The van der Waals surface area contributed by atoms with E-state index in [1.807, 2.05) is 0 Å². The number of aliphatic hydroxyl groups is 3. The van der Waals surface area contributed by atoms with Gasteiger partial charge in [0.25, 0.3) is 0 Å². The molecule has 5 N–H and O–H groups in total. The molecule has 0 saturated carbocycles. The normalized spacial score (nSPS) is 16.1. The number of ketones is 1. The van der Waals surface area contributed by atoms with Crippen LogP contribution < -0.4 is 5.73 Å². The minimum Gasteiger partial charge on any atom is -0.393 e. The average Bonchev–Trinajstić information content (AvgIpc) is 2.58. The van der Waals surface area contributed by atoms with Gasteiger partial charge >= 0.3 is 0 Å². The summed E-state index contributed by atoms with van der Waals surface area (Å²) >= 11 is 0. The van der Waals surface area contributed by atoms with Gasteiger partial charge in [0.15, 0.2) is 0 Å². The Hall–Kier alpha value is -0.490. The van der Waals surface area contributed by atoms with Gasteiger partial charge in [0, 0.05) is 6.42 Å². The maximum atomic E-state index is 12.0. The predicted molar refractivity (Wildman–Crippen MR) is 111 cm³/mol. The molecule has 2 unspecified atom stereocenters. The van der Waals surface area contributed by atoms with E-state index >= 15 is 0 Å². The third-order valence-corrected chi connectivity index (χ3v) is 5.25. The Labute approximate surface area is 166 Å². The van der Waals surface area contributed by atoms with Crippen molar-refractivity contribution in [1.82, 2.24) is 0 Å². The Morgan fingerprint density at radius 3 is 1.56 bits per heavy atom. The number of rotatable bonds is 19. The summed E-state index contributed by atoms with van der Waals surface area (Å²) in [5, 5.41) is 29.1. The number of carbonyl (C=O) groups is 1. The fraction of sp³-hybridized carbons (Fsp3) is 0.955. The second kappa shape index (κ2) is 17.6. The van der Waals surface area contributed by atoms with Crippen LogP contribution in [0.15, 0.2) is 0 Å². The van der Waals surface area contributed by atoms with Crippen LogP contribution in [-0.2, 0) is 4.79 Å². The molecule has 0 aromatic rings. The molecule has 0 aliphatic rings. The second-order valence-electron chi connectivity index (χ2n) is 8.13. The highest BCUT2D eigenvalue weighted by Gasteiger charge is 2.31. The molecular weight excluding hydrogens is 342 g/mol. The van der Waals surface area contributed by atoms with E-state index in [0.29, 0.717) is 6.42 Å². The van der Waals surface area contributed by atoms with E-state index in [4.69, 9.17) is 5.73 Å². The topological polar surface area (TPSA) is 104 Å². The Morgan fingerprint density at radius 1 is 0.778 bits per heavy atom. The van der Waals surface area contributed by atoms with Gasteiger partial charge in [0.05, 0.1) is 18.1 Å². The zero-order chi connectivity index (χ0) is 20.5. The highest BCUT2D eigenvalue weighted by Crippen LogP contribution is 2.19. The number of hydrogen-bond donors (Lipinski definition) is 4. The molecule has 5 heteroatoms. The highest BCUT2D eigenvalue weighted by molar-refractivity contribution is 5.82. The third kappa shape index (κ3) is 15.1. The number of carbonyl (C=O) groups excluding carboxylic acids is 1. The van der Waals surface area contributed by atoms with Crippen molar-refractivity contribution in [1.29, 1.82) is 0 Å². The molecule has 0 heterocycles. The lowest BCUT2D eigenvalue weighted by molar-refractivity contribution is -0.133. The van der Waals surface area contributed by atoms with Gasteiger partial charge in [-0.2, -0.15) is 0 Å². The molecule has 0 saturated heterocycles. The van der Waals surface area contributed by atoms with E-state index in [1.165, 1.54) is 71.1 Å². The van der Waals surface area contributed by atoms with Gasteiger partial charge < -0.3 is 21.1 Å². The van der Waals surface area contributed by atoms with Crippen LogP contribution in [0, 0.1) is 5.92 Å². The fourth-order valence-corrected chi connectivity index (χ4v) is 3.61. The summed E-state index contributed by atoms with van der Waals surface area (Å²) < 4.78 is 0. The Morgan fingerprint density at radius 2 is 1.19 bits per heavy atom. The van der Waals surface area contributed by atoms with Gasteiger partial charge in [-0.1, -0.05) is 90.4 Å². The molecule has 5 nitrogen and oxygen atoms in total. The molecular formula is C22H45NO4. The maximum Gasteiger partial charge on any atom is 0.145 e. The van der Waals surface area contributed by atoms with Gasteiger partial charge in [0.2, 0.25) is 0 Å². The first-order valence-corrected chi connectivity index (χ1v) is 11.2. The lowest BCUT2D eigenvalue weighted by atomic mass is 9.89. The molecule has 162 valence electrons. The third-order valence-electron chi connectivity index (χ3n) is 5.25. The van der Waals surface area contributed by atoms with E-state index in [0.717, 1.165) is 19.3 Å². The molecule has 27 heavy (non-hydrogen) atoms. The van der Waals surface area contributed by atoms with Gasteiger partial charge in [-0.15, -0.1) is 0 Å². The quantitative estimate of drug-likeness (QED) is 0.198. The highest BCUT2D eigenvalue weighted by atomic mass is 16.3. The van der Waals surface area contributed by atoms with Crippen LogP contribution in [0.4, 0.5) is 0 Å². The number of aliphatic hydroxyl groups excluding tert-OH is 3. The van der Waals surface area contributed by atoms with Crippen LogP contribution in [0.2, 0.25) is 0 Å². The van der Waals surface area contributed by atoms with Crippen LogP contribution in [0.3, 0.4) is 0 Å². The molecule has 0 aromatic heterocycles. The molecule has 0 aliphatic heterocycles. The first-order valence-electron chi connectivity index (χ1n) is 11.2. The minimum absolute atomic E-state index is 0.0887. The number of hydrogen-bond acceptors (Lipinski definition) is 5. The van der Waals surface area contributed by atoms with Crippen LogP contribution >= 0.6 is 0 Å². The van der Waals surface area contributed by atoms with Crippen LogP contribution in [0.25, 0.3) is 0 Å². The van der Waals surface area contributed by atoms with Gasteiger partial charge in [-0.05, 0) is 13.3 Å². The lowest BCUT2D eigenvalue weighted by Gasteiger charge is -2.24. The van der Waals surface area contributed by atoms with E-state index in [1.54, 1.807) is 0 Å². The maximum absolute atomic E-state index is 12.0. The Kier molecular flexibility index (Phi) is 17.3. The summed E-state index contributed by atoms with van der Waals surface area (Å²) in [6.45, 7) is 3.76. The second-order valence-corrected chi connectivity index (χ2v) is 8.13. The summed E-state index contributed by atoms with van der Waals surface area (Å²) in [6, 6.07) is 0. The van der Waals surface area contributed by atoms with Crippen LogP contribution in [0.5, 0.6) is 0 Å².